The number of carbonyl (C=O) groups is 1. The van der Waals surface area contributed by atoms with Crippen molar-refractivity contribution in [1.29, 1.82) is 0 Å². The molecule has 0 bridgehead atoms. The van der Waals surface area contributed by atoms with Crippen LogP contribution in [0.5, 0.6) is 6.01 Å². The van der Waals surface area contributed by atoms with E-state index in [0.29, 0.717) is 47.4 Å². The molecule has 3 rings (SSSR count). The van der Waals surface area contributed by atoms with Crippen LogP contribution in [-0.4, -0.2) is 44.3 Å². The number of benzene rings is 1. The SMILES string of the molecule is COc1nc(-c2cccc(C(=O)NCCc3nc(C)cc(=O)[nH]3)c2)nn1C. The first-order chi connectivity index (χ1) is 13.0. The number of hydrogen-bond acceptors (Lipinski definition) is 6. The minimum Gasteiger partial charge on any atom is -0.467 e. The summed E-state index contributed by atoms with van der Waals surface area (Å²) in [5.74, 6) is 0.791. The molecule has 0 radical (unpaired) electrons. The molecule has 0 aliphatic heterocycles. The van der Waals surface area contributed by atoms with Crippen molar-refractivity contribution in [2.45, 2.75) is 13.3 Å². The van der Waals surface area contributed by atoms with Crippen LogP contribution >= 0.6 is 0 Å². The molecule has 9 nitrogen and oxygen atoms in total. The lowest BCUT2D eigenvalue weighted by molar-refractivity contribution is 0.0954. The van der Waals surface area contributed by atoms with Crippen molar-refractivity contribution in [2.24, 2.45) is 7.05 Å². The third kappa shape index (κ3) is 4.38. The smallest absolute Gasteiger partial charge is 0.314 e. The van der Waals surface area contributed by atoms with Gasteiger partial charge in [0.1, 0.15) is 5.82 Å². The Kier molecular flexibility index (Phi) is 5.30. The Morgan fingerprint density at radius 3 is 2.81 bits per heavy atom. The van der Waals surface area contributed by atoms with Crippen LogP contribution in [0.1, 0.15) is 21.9 Å². The van der Waals surface area contributed by atoms with Gasteiger partial charge in [0.05, 0.1) is 7.11 Å². The number of aryl methyl sites for hydroxylation is 2. The lowest BCUT2D eigenvalue weighted by Gasteiger charge is -2.06. The molecule has 2 heterocycles. The van der Waals surface area contributed by atoms with Crippen LogP contribution in [-0.2, 0) is 13.5 Å². The monoisotopic (exact) mass is 368 g/mol. The Morgan fingerprint density at radius 1 is 1.30 bits per heavy atom. The van der Waals surface area contributed by atoms with E-state index in [0.717, 1.165) is 0 Å². The Labute approximate surface area is 155 Å². The van der Waals surface area contributed by atoms with E-state index in [1.54, 1.807) is 32.2 Å². The largest absolute Gasteiger partial charge is 0.467 e. The topological polar surface area (TPSA) is 115 Å². The summed E-state index contributed by atoms with van der Waals surface area (Å²) in [6, 6.07) is 8.84. The fourth-order valence-corrected chi connectivity index (χ4v) is 2.63. The highest BCUT2D eigenvalue weighted by atomic mass is 16.5. The number of rotatable bonds is 6. The number of nitrogens with zero attached hydrogens (tertiary/aromatic N) is 4. The summed E-state index contributed by atoms with van der Waals surface area (Å²) >= 11 is 0. The second-order valence-corrected chi connectivity index (χ2v) is 5.97. The summed E-state index contributed by atoms with van der Waals surface area (Å²) in [7, 11) is 3.25. The minimum absolute atomic E-state index is 0.199. The predicted octanol–water partition coefficient (Wildman–Crippen LogP) is 0.855. The Morgan fingerprint density at radius 2 is 2.11 bits per heavy atom. The van der Waals surface area contributed by atoms with Gasteiger partial charge in [-0.2, -0.15) is 4.98 Å². The molecule has 0 aliphatic carbocycles. The van der Waals surface area contributed by atoms with Gasteiger partial charge in [-0.3, -0.25) is 9.59 Å². The number of carbonyl (C=O) groups excluding carboxylic acids is 1. The van der Waals surface area contributed by atoms with Crippen LogP contribution in [0.4, 0.5) is 0 Å². The van der Waals surface area contributed by atoms with Crippen LogP contribution in [0.2, 0.25) is 0 Å². The zero-order valence-corrected chi connectivity index (χ0v) is 15.3. The van der Waals surface area contributed by atoms with Crippen LogP contribution in [0.25, 0.3) is 11.4 Å². The second-order valence-electron chi connectivity index (χ2n) is 5.97. The molecule has 0 unspecified atom stereocenters. The van der Waals surface area contributed by atoms with E-state index in [1.165, 1.54) is 17.9 Å². The van der Waals surface area contributed by atoms with Crippen molar-refractivity contribution in [3.8, 4) is 17.4 Å². The van der Waals surface area contributed by atoms with Crippen LogP contribution < -0.4 is 15.6 Å². The molecular weight excluding hydrogens is 348 g/mol. The molecular formula is C18H20N6O3. The number of H-pyrrole nitrogens is 1. The van der Waals surface area contributed by atoms with Gasteiger partial charge in [0.25, 0.3) is 11.5 Å². The fourth-order valence-electron chi connectivity index (χ4n) is 2.63. The van der Waals surface area contributed by atoms with E-state index < -0.39 is 0 Å². The minimum atomic E-state index is -0.227. The summed E-state index contributed by atoms with van der Waals surface area (Å²) in [5.41, 5.74) is 1.65. The highest BCUT2D eigenvalue weighted by molar-refractivity contribution is 5.95. The van der Waals surface area contributed by atoms with Crippen LogP contribution in [0.15, 0.2) is 35.1 Å². The van der Waals surface area contributed by atoms with Gasteiger partial charge in [0.2, 0.25) is 0 Å². The standard InChI is InChI=1S/C18H20N6O3/c1-11-9-15(25)21-14(20-11)7-8-19-17(26)13-6-4-5-12(10-13)16-22-18(27-3)24(2)23-16/h4-6,9-10H,7-8H2,1-3H3,(H,19,26)(H,20,21,25). The van der Waals surface area contributed by atoms with Gasteiger partial charge in [0.15, 0.2) is 5.82 Å². The summed E-state index contributed by atoms with van der Waals surface area (Å²) in [6.45, 7) is 2.11. The molecule has 2 aromatic heterocycles. The summed E-state index contributed by atoms with van der Waals surface area (Å²) in [6.07, 6.45) is 0.432. The van der Waals surface area contributed by atoms with E-state index in [4.69, 9.17) is 4.74 Å². The van der Waals surface area contributed by atoms with Crippen LogP contribution in [0, 0.1) is 6.92 Å². The molecule has 0 atom stereocenters. The van der Waals surface area contributed by atoms with Crippen molar-refractivity contribution in [3.05, 3.63) is 57.8 Å². The van der Waals surface area contributed by atoms with Crippen molar-refractivity contribution >= 4 is 5.91 Å². The molecule has 140 valence electrons. The van der Waals surface area contributed by atoms with Crippen molar-refractivity contribution in [1.82, 2.24) is 30.0 Å². The van der Waals surface area contributed by atoms with Crippen molar-refractivity contribution < 1.29 is 9.53 Å². The third-order valence-corrected chi connectivity index (χ3v) is 3.85. The zero-order chi connectivity index (χ0) is 19.4. The maximum atomic E-state index is 12.4. The highest BCUT2D eigenvalue weighted by Crippen LogP contribution is 2.19. The fraction of sp³-hybridized carbons (Fsp3) is 0.278. The Bertz CT molecular complexity index is 1020. The lowest BCUT2D eigenvalue weighted by atomic mass is 10.1. The van der Waals surface area contributed by atoms with Gasteiger partial charge < -0.3 is 15.0 Å². The zero-order valence-electron chi connectivity index (χ0n) is 15.3. The van der Waals surface area contributed by atoms with Gasteiger partial charge >= 0.3 is 6.01 Å². The number of amides is 1. The molecule has 0 aliphatic rings. The van der Waals surface area contributed by atoms with Gasteiger partial charge in [-0.05, 0) is 19.1 Å². The second kappa shape index (κ2) is 7.81. The Hall–Kier alpha value is -3.49. The molecule has 0 spiro atoms. The number of aromatic nitrogens is 5. The first-order valence-corrected chi connectivity index (χ1v) is 8.37. The molecule has 9 heteroatoms. The van der Waals surface area contributed by atoms with E-state index in [-0.39, 0.29) is 11.5 Å². The first-order valence-electron chi connectivity index (χ1n) is 8.37. The lowest BCUT2D eigenvalue weighted by Crippen LogP contribution is -2.27. The number of ether oxygens (including phenoxy) is 1. The third-order valence-electron chi connectivity index (χ3n) is 3.85. The Balaban J connectivity index is 1.67. The average Bonchev–Trinajstić information content (AvgIpc) is 3.02. The molecule has 1 aromatic carbocycles. The molecule has 2 N–H and O–H groups in total. The normalized spacial score (nSPS) is 10.6. The molecule has 0 saturated heterocycles. The summed E-state index contributed by atoms with van der Waals surface area (Å²) < 4.78 is 6.64. The van der Waals surface area contributed by atoms with Gasteiger partial charge in [0, 0.05) is 42.9 Å². The summed E-state index contributed by atoms with van der Waals surface area (Å²) in [4.78, 5) is 35.0. The first kappa shape index (κ1) is 18.3. The molecule has 0 fully saturated rings. The summed E-state index contributed by atoms with van der Waals surface area (Å²) in [5, 5.41) is 7.10. The van der Waals surface area contributed by atoms with E-state index >= 15 is 0 Å². The van der Waals surface area contributed by atoms with Crippen LogP contribution in [0.3, 0.4) is 0 Å². The van der Waals surface area contributed by atoms with Gasteiger partial charge in [-0.1, -0.05) is 12.1 Å². The van der Waals surface area contributed by atoms with Crippen molar-refractivity contribution in [2.75, 3.05) is 13.7 Å². The quantitative estimate of drug-likeness (QED) is 0.667. The predicted molar refractivity (Wildman–Crippen MR) is 98.6 cm³/mol. The average molecular weight is 368 g/mol. The van der Waals surface area contributed by atoms with E-state index in [9.17, 15) is 9.59 Å². The number of aromatic amines is 1. The molecule has 27 heavy (non-hydrogen) atoms. The maximum Gasteiger partial charge on any atom is 0.314 e. The number of nitrogens with one attached hydrogen (secondary N) is 2. The molecule has 3 aromatic rings. The van der Waals surface area contributed by atoms with Crippen molar-refractivity contribution in [3.63, 3.8) is 0 Å². The van der Waals surface area contributed by atoms with E-state index in [2.05, 4.69) is 25.4 Å². The van der Waals surface area contributed by atoms with Gasteiger partial charge in [-0.25, -0.2) is 9.67 Å². The maximum absolute atomic E-state index is 12.4. The number of methoxy groups -OCH3 is 1. The van der Waals surface area contributed by atoms with E-state index in [1.807, 2.05) is 6.07 Å². The van der Waals surface area contributed by atoms with Gasteiger partial charge in [-0.15, -0.1) is 5.10 Å². The molecule has 0 saturated carbocycles. The number of hydrogen-bond donors (Lipinski definition) is 2. The molecule has 1 amide bonds. The highest BCUT2D eigenvalue weighted by Gasteiger charge is 2.12.